The number of hydrogen-bond acceptors (Lipinski definition) is 4. The third-order valence-corrected chi connectivity index (χ3v) is 3.71. The Morgan fingerprint density at radius 2 is 2.32 bits per heavy atom. The molecule has 0 aliphatic carbocycles. The van der Waals surface area contributed by atoms with Gasteiger partial charge in [-0.2, -0.15) is 0 Å². The first-order valence-corrected chi connectivity index (χ1v) is 6.89. The summed E-state index contributed by atoms with van der Waals surface area (Å²) in [7, 11) is 4.14. The van der Waals surface area contributed by atoms with Crippen molar-refractivity contribution >= 4 is 5.82 Å². The van der Waals surface area contributed by atoms with E-state index in [1.807, 2.05) is 6.92 Å². The zero-order valence-corrected chi connectivity index (χ0v) is 12.0. The number of halogens is 1. The second kappa shape index (κ2) is 6.30. The van der Waals surface area contributed by atoms with E-state index in [1.54, 1.807) is 12.3 Å². The summed E-state index contributed by atoms with van der Waals surface area (Å²) in [6, 6.07) is 2.24. The van der Waals surface area contributed by atoms with Crippen LogP contribution in [-0.2, 0) is 6.54 Å². The van der Waals surface area contributed by atoms with Gasteiger partial charge in [0, 0.05) is 37.4 Å². The van der Waals surface area contributed by atoms with Crippen LogP contribution in [0.25, 0.3) is 0 Å². The standard InChI is InChI=1S/C14H23FN4/c1-4-16-9-11-5-7-17-14(13(11)15)19-8-6-12(10-19)18(2)3/h5,7,12,16H,4,6,8-10H2,1-3H3. The zero-order chi connectivity index (χ0) is 13.8. The molecule has 1 aromatic rings. The van der Waals surface area contributed by atoms with Crippen LogP contribution in [0.15, 0.2) is 12.3 Å². The molecule has 0 bridgehead atoms. The summed E-state index contributed by atoms with van der Waals surface area (Å²) in [6.45, 7) is 5.13. The summed E-state index contributed by atoms with van der Waals surface area (Å²) in [4.78, 5) is 8.47. The molecule has 1 N–H and O–H groups in total. The fourth-order valence-electron chi connectivity index (χ4n) is 2.44. The fraction of sp³-hybridized carbons (Fsp3) is 0.643. The van der Waals surface area contributed by atoms with Crippen LogP contribution in [-0.4, -0.2) is 49.7 Å². The third-order valence-electron chi connectivity index (χ3n) is 3.71. The van der Waals surface area contributed by atoms with Crippen LogP contribution in [0.5, 0.6) is 0 Å². The topological polar surface area (TPSA) is 31.4 Å². The number of likely N-dealkylation sites (N-methyl/N-ethyl adjacent to an activating group) is 1. The van der Waals surface area contributed by atoms with E-state index >= 15 is 0 Å². The minimum absolute atomic E-state index is 0.178. The first-order chi connectivity index (χ1) is 9.13. The average Bonchev–Trinajstić information content (AvgIpc) is 2.87. The van der Waals surface area contributed by atoms with Crippen molar-refractivity contribution in [1.82, 2.24) is 15.2 Å². The van der Waals surface area contributed by atoms with Gasteiger partial charge in [0.05, 0.1) is 0 Å². The molecule has 0 saturated carbocycles. The SMILES string of the molecule is CCNCc1ccnc(N2CCC(N(C)C)C2)c1F. The second-order valence-electron chi connectivity index (χ2n) is 5.24. The summed E-state index contributed by atoms with van der Waals surface area (Å²) in [5.41, 5.74) is 0.695. The molecular formula is C14H23FN4. The predicted molar refractivity (Wildman–Crippen MR) is 75.9 cm³/mol. The molecule has 106 valence electrons. The van der Waals surface area contributed by atoms with Gasteiger partial charge in [-0.3, -0.25) is 0 Å². The Bertz CT molecular complexity index is 422. The fourth-order valence-corrected chi connectivity index (χ4v) is 2.44. The summed E-state index contributed by atoms with van der Waals surface area (Å²) in [5, 5.41) is 3.16. The minimum Gasteiger partial charge on any atom is -0.353 e. The highest BCUT2D eigenvalue weighted by atomic mass is 19.1. The van der Waals surface area contributed by atoms with Crippen LogP contribution in [0.4, 0.5) is 10.2 Å². The first kappa shape index (κ1) is 14.2. The molecule has 1 saturated heterocycles. The first-order valence-electron chi connectivity index (χ1n) is 6.89. The monoisotopic (exact) mass is 266 g/mol. The number of anilines is 1. The molecule has 2 rings (SSSR count). The normalized spacial score (nSPS) is 19.4. The van der Waals surface area contributed by atoms with E-state index in [9.17, 15) is 4.39 Å². The Hall–Kier alpha value is -1.20. The summed E-state index contributed by atoms with van der Waals surface area (Å²) < 4.78 is 14.4. The highest BCUT2D eigenvalue weighted by molar-refractivity contribution is 5.44. The van der Waals surface area contributed by atoms with Crippen molar-refractivity contribution in [2.45, 2.75) is 25.9 Å². The molecule has 1 atom stereocenters. The van der Waals surface area contributed by atoms with E-state index < -0.39 is 0 Å². The lowest BCUT2D eigenvalue weighted by atomic mass is 10.2. The van der Waals surface area contributed by atoms with Crippen LogP contribution in [0.1, 0.15) is 18.9 Å². The van der Waals surface area contributed by atoms with E-state index in [-0.39, 0.29) is 5.82 Å². The lowest BCUT2D eigenvalue weighted by Gasteiger charge is -2.22. The molecule has 5 heteroatoms. The molecule has 0 spiro atoms. The van der Waals surface area contributed by atoms with Gasteiger partial charge in [-0.15, -0.1) is 0 Å². The van der Waals surface area contributed by atoms with Gasteiger partial charge in [0.15, 0.2) is 11.6 Å². The highest BCUT2D eigenvalue weighted by Crippen LogP contribution is 2.24. The van der Waals surface area contributed by atoms with Crippen LogP contribution in [0.2, 0.25) is 0 Å². The molecule has 1 aliphatic heterocycles. The maximum Gasteiger partial charge on any atom is 0.170 e. The van der Waals surface area contributed by atoms with Crippen LogP contribution in [0, 0.1) is 5.82 Å². The van der Waals surface area contributed by atoms with Crippen molar-refractivity contribution in [2.24, 2.45) is 0 Å². The molecule has 2 heterocycles. The van der Waals surface area contributed by atoms with E-state index in [2.05, 4.69) is 34.2 Å². The molecule has 0 aromatic carbocycles. The van der Waals surface area contributed by atoms with Gasteiger partial charge >= 0.3 is 0 Å². The number of rotatable bonds is 5. The van der Waals surface area contributed by atoms with Crippen LogP contribution >= 0.6 is 0 Å². The maximum absolute atomic E-state index is 14.4. The van der Waals surface area contributed by atoms with Crippen molar-refractivity contribution in [3.05, 3.63) is 23.6 Å². The van der Waals surface area contributed by atoms with E-state index in [4.69, 9.17) is 0 Å². The lowest BCUT2D eigenvalue weighted by molar-refractivity contribution is 0.315. The molecule has 4 nitrogen and oxygen atoms in total. The van der Waals surface area contributed by atoms with Crippen molar-refractivity contribution in [3.63, 3.8) is 0 Å². The van der Waals surface area contributed by atoms with Crippen molar-refractivity contribution in [3.8, 4) is 0 Å². The minimum atomic E-state index is -0.178. The summed E-state index contributed by atoms with van der Waals surface area (Å²) in [6.07, 6.45) is 2.76. The Balaban J connectivity index is 2.12. The third kappa shape index (κ3) is 3.22. The molecule has 0 radical (unpaired) electrons. The molecular weight excluding hydrogens is 243 g/mol. The smallest absolute Gasteiger partial charge is 0.170 e. The maximum atomic E-state index is 14.4. The molecule has 1 aliphatic rings. The van der Waals surface area contributed by atoms with Crippen LogP contribution < -0.4 is 10.2 Å². The largest absolute Gasteiger partial charge is 0.353 e. The van der Waals surface area contributed by atoms with Gasteiger partial charge in [-0.05, 0) is 33.1 Å². The van der Waals surface area contributed by atoms with Gasteiger partial charge in [-0.25, -0.2) is 9.37 Å². The molecule has 1 aromatic heterocycles. The Morgan fingerprint density at radius 3 is 2.95 bits per heavy atom. The Morgan fingerprint density at radius 1 is 1.53 bits per heavy atom. The number of pyridine rings is 1. The molecule has 0 amide bonds. The lowest BCUT2D eigenvalue weighted by Crippen LogP contribution is -2.32. The van der Waals surface area contributed by atoms with E-state index in [1.165, 1.54) is 0 Å². The van der Waals surface area contributed by atoms with Crippen molar-refractivity contribution in [1.29, 1.82) is 0 Å². The van der Waals surface area contributed by atoms with Crippen LogP contribution in [0.3, 0.4) is 0 Å². The quantitative estimate of drug-likeness (QED) is 0.874. The van der Waals surface area contributed by atoms with Gasteiger partial charge in [0.2, 0.25) is 0 Å². The predicted octanol–water partition coefficient (Wildman–Crippen LogP) is 1.47. The van der Waals surface area contributed by atoms with Gasteiger partial charge in [0.1, 0.15) is 0 Å². The number of nitrogens with zero attached hydrogens (tertiary/aromatic N) is 3. The zero-order valence-electron chi connectivity index (χ0n) is 12.0. The average molecular weight is 266 g/mol. The van der Waals surface area contributed by atoms with Gasteiger partial charge in [-0.1, -0.05) is 6.92 Å². The molecule has 1 unspecified atom stereocenters. The summed E-state index contributed by atoms with van der Waals surface area (Å²) in [5.74, 6) is 0.322. The highest BCUT2D eigenvalue weighted by Gasteiger charge is 2.27. The Kier molecular flexibility index (Phi) is 4.71. The van der Waals surface area contributed by atoms with E-state index in [0.29, 0.717) is 24.0 Å². The van der Waals surface area contributed by atoms with Gasteiger partial charge in [0.25, 0.3) is 0 Å². The van der Waals surface area contributed by atoms with E-state index in [0.717, 1.165) is 26.1 Å². The Labute approximate surface area is 114 Å². The van der Waals surface area contributed by atoms with Gasteiger partial charge < -0.3 is 15.1 Å². The number of hydrogen-bond donors (Lipinski definition) is 1. The molecule has 1 fully saturated rings. The number of aromatic nitrogens is 1. The van der Waals surface area contributed by atoms with Crippen molar-refractivity contribution < 1.29 is 4.39 Å². The number of nitrogens with one attached hydrogen (secondary N) is 1. The van der Waals surface area contributed by atoms with Crippen molar-refractivity contribution in [2.75, 3.05) is 38.6 Å². The molecule has 19 heavy (non-hydrogen) atoms. The second-order valence-corrected chi connectivity index (χ2v) is 5.24. The summed E-state index contributed by atoms with van der Waals surface area (Å²) >= 11 is 0.